The summed E-state index contributed by atoms with van der Waals surface area (Å²) in [6.45, 7) is -0.393. The van der Waals surface area contributed by atoms with Crippen LogP contribution in [0.2, 0.25) is 0 Å². The molecular weight excluding hydrogens is 198 g/mol. The highest BCUT2D eigenvalue weighted by atomic mass is 16.5. The average molecular weight is 209 g/mol. The van der Waals surface area contributed by atoms with E-state index in [1.807, 2.05) is 0 Å². The fourth-order valence-electron chi connectivity index (χ4n) is 1.02. The molecule has 1 aromatic rings. The second-order valence-electron chi connectivity index (χ2n) is 2.81. The van der Waals surface area contributed by atoms with Crippen LogP contribution < -0.4 is 10.1 Å². The summed E-state index contributed by atoms with van der Waals surface area (Å²) in [7, 11) is 1.49. The highest BCUT2D eigenvalue weighted by Gasteiger charge is 2.07. The molecule has 0 bridgehead atoms. The van der Waals surface area contributed by atoms with Gasteiger partial charge in [0.05, 0.1) is 7.11 Å². The number of ether oxygens (including phenoxy) is 1. The quantitative estimate of drug-likeness (QED) is 0.757. The van der Waals surface area contributed by atoms with Crippen LogP contribution in [0, 0.1) is 0 Å². The van der Waals surface area contributed by atoms with Crippen LogP contribution in [-0.2, 0) is 4.79 Å². The topological polar surface area (TPSA) is 75.6 Å². The summed E-state index contributed by atoms with van der Waals surface area (Å²) < 4.78 is 4.93. The maximum absolute atomic E-state index is 11.4. The van der Waals surface area contributed by atoms with Gasteiger partial charge in [-0.15, -0.1) is 0 Å². The van der Waals surface area contributed by atoms with Crippen molar-refractivity contribution in [1.29, 1.82) is 0 Å². The normalized spacial score (nSPS) is 9.40. The first-order chi connectivity index (χ1) is 7.13. The van der Waals surface area contributed by atoms with Crippen molar-refractivity contribution >= 4 is 11.9 Å². The third kappa shape index (κ3) is 3.30. The zero-order valence-electron chi connectivity index (χ0n) is 8.19. The molecule has 5 heteroatoms. The Morgan fingerprint density at radius 1 is 1.47 bits per heavy atom. The minimum absolute atomic E-state index is 0.371. The van der Waals surface area contributed by atoms with Gasteiger partial charge in [0.15, 0.2) is 0 Å². The van der Waals surface area contributed by atoms with E-state index in [4.69, 9.17) is 9.84 Å². The van der Waals surface area contributed by atoms with Crippen LogP contribution in [0.25, 0.3) is 0 Å². The number of hydrogen-bond donors (Lipinski definition) is 2. The van der Waals surface area contributed by atoms with Gasteiger partial charge < -0.3 is 15.2 Å². The molecule has 80 valence electrons. The maximum Gasteiger partial charge on any atom is 0.322 e. The van der Waals surface area contributed by atoms with Gasteiger partial charge in [-0.1, -0.05) is 6.07 Å². The van der Waals surface area contributed by atoms with Crippen LogP contribution in [0.4, 0.5) is 0 Å². The van der Waals surface area contributed by atoms with Crippen LogP contribution in [0.1, 0.15) is 10.4 Å². The standard InChI is InChI=1S/C10H11NO4/c1-15-8-4-2-3-7(5-8)10(14)11-6-9(12)13/h2-5H,6H2,1H3,(H,11,14)(H,12,13). The molecule has 0 aliphatic carbocycles. The Labute approximate surface area is 86.7 Å². The first-order valence-electron chi connectivity index (χ1n) is 4.27. The Hall–Kier alpha value is -2.04. The summed E-state index contributed by atoms with van der Waals surface area (Å²) in [5.41, 5.74) is 0.371. The van der Waals surface area contributed by atoms with E-state index in [1.165, 1.54) is 13.2 Å². The summed E-state index contributed by atoms with van der Waals surface area (Å²) in [4.78, 5) is 21.6. The number of carbonyl (C=O) groups is 2. The second-order valence-corrected chi connectivity index (χ2v) is 2.81. The largest absolute Gasteiger partial charge is 0.497 e. The van der Waals surface area contributed by atoms with Crippen LogP contribution in [0.5, 0.6) is 5.75 Å². The van der Waals surface area contributed by atoms with Crippen molar-refractivity contribution in [2.45, 2.75) is 0 Å². The van der Waals surface area contributed by atoms with Crippen molar-refractivity contribution in [3.05, 3.63) is 29.8 Å². The summed E-state index contributed by atoms with van der Waals surface area (Å²) in [5, 5.41) is 10.6. The second kappa shape index (κ2) is 4.99. The first-order valence-corrected chi connectivity index (χ1v) is 4.27. The van der Waals surface area contributed by atoms with E-state index in [0.29, 0.717) is 11.3 Å². The van der Waals surface area contributed by atoms with E-state index < -0.39 is 18.4 Å². The van der Waals surface area contributed by atoms with Crippen LogP contribution in [0.15, 0.2) is 24.3 Å². The van der Waals surface area contributed by atoms with Crippen molar-refractivity contribution in [1.82, 2.24) is 5.32 Å². The molecule has 15 heavy (non-hydrogen) atoms. The zero-order chi connectivity index (χ0) is 11.3. The Morgan fingerprint density at radius 3 is 2.80 bits per heavy atom. The molecule has 1 rings (SSSR count). The number of aliphatic carboxylic acids is 1. The molecule has 0 fully saturated rings. The number of methoxy groups -OCH3 is 1. The molecule has 0 saturated carbocycles. The van der Waals surface area contributed by atoms with Crippen molar-refractivity contribution < 1.29 is 19.4 Å². The fraction of sp³-hybridized carbons (Fsp3) is 0.200. The van der Waals surface area contributed by atoms with Gasteiger partial charge in [-0.2, -0.15) is 0 Å². The van der Waals surface area contributed by atoms with Crippen LogP contribution >= 0.6 is 0 Å². The highest BCUT2D eigenvalue weighted by molar-refractivity contribution is 5.96. The number of benzene rings is 1. The molecule has 2 N–H and O–H groups in total. The number of carboxylic acid groups (broad SMARTS) is 1. The lowest BCUT2D eigenvalue weighted by molar-refractivity contribution is -0.135. The van der Waals surface area contributed by atoms with E-state index in [1.54, 1.807) is 18.2 Å². The third-order valence-corrected chi connectivity index (χ3v) is 1.73. The average Bonchev–Trinajstić information content (AvgIpc) is 2.26. The Kier molecular flexibility index (Phi) is 3.68. The molecular formula is C10H11NO4. The summed E-state index contributed by atoms with van der Waals surface area (Å²) in [6.07, 6.45) is 0. The molecule has 0 unspecified atom stereocenters. The van der Waals surface area contributed by atoms with Gasteiger partial charge in [0.2, 0.25) is 0 Å². The summed E-state index contributed by atoms with van der Waals surface area (Å²) >= 11 is 0. The van der Waals surface area contributed by atoms with Crippen molar-refractivity contribution in [2.75, 3.05) is 13.7 Å². The lowest BCUT2D eigenvalue weighted by atomic mass is 10.2. The predicted molar refractivity (Wildman–Crippen MR) is 53.0 cm³/mol. The lowest BCUT2D eigenvalue weighted by Crippen LogP contribution is -2.29. The van der Waals surface area contributed by atoms with Crippen molar-refractivity contribution in [3.8, 4) is 5.75 Å². The van der Waals surface area contributed by atoms with Gasteiger partial charge in [-0.25, -0.2) is 0 Å². The van der Waals surface area contributed by atoms with Crippen molar-refractivity contribution in [2.24, 2.45) is 0 Å². The third-order valence-electron chi connectivity index (χ3n) is 1.73. The molecule has 0 spiro atoms. The number of carbonyl (C=O) groups excluding carboxylic acids is 1. The van der Waals surface area contributed by atoms with Gasteiger partial charge in [-0.3, -0.25) is 9.59 Å². The van der Waals surface area contributed by atoms with E-state index in [9.17, 15) is 9.59 Å². The van der Waals surface area contributed by atoms with E-state index in [2.05, 4.69) is 5.32 Å². The van der Waals surface area contributed by atoms with Crippen LogP contribution in [-0.4, -0.2) is 30.6 Å². The van der Waals surface area contributed by atoms with Crippen LogP contribution in [0.3, 0.4) is 0 Å². The maximum atomic E-state index is 11.4. The Bertz CT molecular complexity index is 375. The number of amides is 1. The minimum atomic E-state index is -1.08. The molecule has 0 aromatic heterocycles. The SMILES string of the molecule is COc1cccc(C(=O)NCC(=O)O)c1. The smallest absolute Gasteiger partial charge is 0.322 e. The minimum Gasteiger partial charge on any atom is -0.497 e. The van der Waals surface area contributed by atoms with Gasteiger partial charge in [-0.05, 0) is 18.2 Å². The predicted octanol–water partition coefficient (Wildman–Crippen LogP) is 0.510. The van der Waals surface area contributed by atoms with Gasteiger partial charge >= 0.3 is 5.97 Å². The van der Waals surface area contributed by atoms with Gasteiger partial charge in [0.1, 0.15) is 12.3 Å². The molecule has 0 heterocycles. The Morgan fingerprint density at radius 2 is 2.20 bits per heavy atom. The molecule has 0 saturated heterocycles. The Balaban J connectivity index is 2.69. The van der Waals surface area contributed by atoms with E-state index in [-0.39, 0.29) is 0 Å². The molecule has 0 atom stereocenters. The fourth-order valence-corrected chi connectivity index (χ4v) is 1.02. The summed E-state index contributed by atoms with van der Waals surface area (Å²) in [6, 6.07) is 6.49. The lowest BCUT2D eigenvalue weighted by Gasteiger charge is -2.04. The molecule has 0 radical (unpaired) electrons. The monoisotopic (exact) mass is 209 g/mol. The molecule has 0 aliphatic rings. The van der Waals surface area contributed by atoms with Crippen molar-refractivity contribution in [3.63, 3.8) is 0 Å². The molecule has 0 aliphatic heterocycles. The number of nitrogens with one attached hydrogen (secondary N) is 1. The molecule has 1 amide bonds. The number of rotatable bonds is 4. The zero-order valence-corrected chi connectivity index (χ0v) is 8.19. The highest BCUT2D eigenvalue weighted by Crippen LogP contribution is 2.11. The first kappa shape index (κ1) is 11.0. The van der Waals surface area contributed by atoms with E-state index >= 15 is 0 Å². The van der Waals surface area contributed by atoms with E-state index in [0.717, 1.165) is 0 Å². The molecule has 5 nitrogen and oxygen atoms in total. The molecule has 1 aromatic carbocycles. The van der Waals surface area contributed by atoms with Gasteiger partial charge in [0.25, 0.3) is 5.91 Å². The number of carboxylic acids is 1. The summed E-state index contributed by atoms with van der Waals surface area (Å²) in [5.74, 6) is -0.958. The van der Waals surface area contributed by atoms with Gasteiger partial charge in [0, 0.05) is 5.56 Å². The number of hydrogen-bond acceptors (Lipinski definition) is 3.